The van der Waals surface area contributed by atoms with Crippen molar-refractivity contribution in [2.45, 2.75) is 13.0 Å². The molecule has 0 saturated carbocycles. The Morgan fingerprint density at radius 2 is 2.12 bits per heavy atom. The number of ether oxygens (including phenoxy) is 1. The second kappa shape index (κ2) is 7.47. The minimum Gasteiger partial charge on any atom is -0.497 e. The van der Waals surface area contributed by atoms with Gasteiger partial charge in [0.1, 0.15) is 11.6 Å². The highest BCUT2D eigenvalue weighted by atomic mass is 32.1. The lowest BCUT2D eigenvalue weighted by molar-refractivity contribution is -0.132. The van der Waals surface area contributed by atoms with Gasteiger partial charge in [0.15, 0.2) is 0 Å². The number of fused-ring (bicyclic) bond motifs is 1. The van der Waals surface area contributed by atoms with Crippen LogP contribution in [0.25, 0.3) is 11.0 Å². The third-order valence-electron chi connectivity index (χ3n) is 4.74. The number of amides is 1. The van der Waals surface area contributed by atoms with E-state index >= 15 is 0 Å². The van der Waals surface area contributed by atoms with Crippen molar-refractivity contribution in [1.82, 2.24) is 19.8 Å². The van der Waals surface area contributed by atoms with Crippen LogP contribution in [0.4, 0.5) is 0 Å². The van der Waals surface area contributed by atoms with Crippen molar-refractivity contribution < 1.29 is 9.53 Å². The van der Waals surface area contributed by atoms with Crippen LogP contribution in [0.15, 0.2) is 35.7 Å². The highest BCUT2D eigenvalue weighted by Crippen LogP contribution is 2.19. The van der Waals surface area contributed by atoms with Crippen LogP contribution in [0.2, 0.25) is 0 Å². The molecule has 0 bridgehead atoms. The van der Waals surface area contributed by atoms with E-state index < -0.39 is 0 Å². The van der Waals surface area contributed by atoms with E-state index in [0.29, 0.717) is 6.42 Å². The molecular formula is C19H22N4O2S. The number of hydrogen-bond acceptors (Lipinski definition) is 5. The first kappa shape index (κ1) is 17.1. The van der Waals surface area contributed by atoms with Crippen LogP contribution in [-0.4, -0.2) is 59.0 Å². The van der Waals surface area contributed by atoms with Gasteiger partial charge in [-0.3, -0.25) is 9.69 Å². The minimum atomic E-state index is 0.225. The Hall–Kier alpha value is -2.38. The van der Waals surface area contributed by atoms with E-state index in [2.05, 4.69) is 14.9 Å². The third-order valence-corrected chi connectivity index (χ3v) is 5.62. The average molecular weight is 370 g/mol. The predicted octanol–water partition coefficient (Wildman–Crippen LogP) is 2.52. The largest absolute Gasteiger partial charge is 0.497 e. The molecule has 2 aromatic heterocycles. The van der Waals surface area contributed by atoms with Gasteiger partial charge >= 0.3 is 0 Å². The molecule has 0 unspecified atom stereocenters. The number of aromatic amines is 1. The number of piperazine rings is 1. The smallest absolute Gasteiger partial charge is 0.227 e. The number of nitrogens with one attached hydrogen (secondary N) is 1. The second-order valence-corrected chi connectivity index (χ2v) is 7.51. The monoisotopic (exact) mass is 370 g/mol. The van der Waals surface area contributed by atoms with Crippen molar-refractivity contribution in [2.75, 3.05) is 33.3 Å². The van der Waals surface area contributed by atoms with Gasteiger partial charge < -0.3 is 14.6 Å². The van der Waals surface area contributed by atoms with Crippen LogP contribution < -0.4 is 4.74 Å². The van der Waals surface area contributed by atoms with Crippen molar-refractivity contribution in [3.8, 4) is 5.75 Å². The lowest BCUT2D eigenvalue weighted by Gasteiger charge is -2.34. The first-order valence-electron chi connectivity index (χ1n) is 8.76. The molecule has 0 aliphatic carbocycles. The van der Waals surface area contributed by atoms with E-state index in [0.717, 1.165) is 60.2 Å². The van der Waals surface area contributed by atoms with E-state index in [1.807, 2.05) is 40.6 Å². The zero-order valence-electron chi connectivity index (χ0n) is 14.8. The maximum atomic E-state index is 12.4. The van der Waals surface area contributed by atoms with Gasteiger partial charge in [-0.2, -0.15) is 0 Å². The molecule has 136 valence electrons. The highest BCUT2D eigenvalue weighted by Gasteiger charge is 2.22. The minimum absolute atomic E-state index is 0.225. The fourth-order valence-electron chi connectivity index (χ4n) is 3.28. The number of imidazole rings is 1. The Morgan fingerprint density at radius 1 is 1.27 bits per heavy atom. The van der Waals surface area contributed by atoms with Gasteiger partial charge in [0.25, 0.3) is 0 Å². The molecule has 0 radical (unpaired) electrons. The quantitative estimate of drug-likeness (QED) is 0.750. The average Bonchev–Trinajstić information content (AvgIpc) is 3.30. The van der Waals surface area contributed by atoms with E-state index in [-0.39, 0.29) is 5.91 Å². The Balaban J connectivity index is 1.33. The molecule has 0 spiro atoms. The number of nitrogens with zero attached hydrogens (tertiary/aromatic N) is 3. The van der Waals surface area contributed by atoms with E-state index in [1.165, 1.54) is 0 Å². The normalized spacial score (nSPS) is 15.5. The van der Waals surface area contributed by atoms with Gasteiger partial charge in [0, 0.05) is 37.1 Å². The summed E-state index contributed by atoms with van der Waals surface area (Å²) in [6.07, 6.45) is 0.517. The van der Waals surface area contributed by atoms with Gasteiger partial charge in [0.05, 0.1) is 31.1 Å². The number of carbonyl (C=O) groups excluding carboxylic acids is 1. The lowest BCUT2D eigenvalue weighted by Crippen LogP contribution is -2.48. The molecule has 4 rings (SSSR count). The Labute approximate surface area is 156 Å². The highest BCUT2D eigenvalue weighted by molar-refractivity contribution is 7.10. The van der Waals surface area contributed by atoms with Crippen LogP contribution >= 0.6 is 11.3 Å². The Bertz CT molecular complexity index is 882. The van der Waals surface area contributed by atoms with E-state index in [1.54, 1.807) is 18.4 Å². The topological polar surface area (TPSA) is 61.5 Å². The number of hydrogen-bond donors (Lipinski definition) is 1. The SMILES string of the molecule is COc1ccc2nc(CN3CCN(C(=O)Cc4cccs4)CC3)[nH]c2c1. The van der Waals surface area contributed by atoms with Crippen molar-refractivity contribution >= 4 is 28.3 Å². The molecular weight excluding hydrogens is 348 g/mol. The summed E-state index contributed by atoms with van der Waals surface area (Å²) in [6.45, 7) is 4.06. The van der Waals surface area contributed by atoms with Gasteiger partial charge in [-0.25, -0.2) is 4.98 Å². The van der Waals surface area contributed by atoms with Crippen LogP contribution in [0, 0.1) is 0 Å². The maximum Gasteiger partial charge on any atom is 0.227 e. The molecule has 3 heterocycles. The van der Waals surface area contributed by atoms with Crippen LogP contribution in [0.3, 0.4) is 0 Å². The van der Waals surface area contributed by atoms with Crippen LogP contribution in [0.1, 0.15) is 10.7 Å². The molecule has 7 heteroatoms. The van der Waals surface area contributed by atoms with E-state index in [9.17, 15) is 4.79 Å². The van der Waals surface area contributed by atoms with Crippen LogP contribution in [0.5, 0.6) is 5.75 Å². The molecule has 3 aromatic rings. The molecule has 1 amide bonds. The van der Waals surface area contributed by atoms with Gasteiger partial charge in [0.2, 0.25) is 5.91 Å². The number of rotatable bonds is 5. The van der Waals surface area contributed by atoms with Crippen molar-refractivity contribution in [3.05, 3.63) is 46.4 Å². The predicted molar refractivity (Wildman–Crippen MR) is 103 cm³/mol. The first-order chi connectivity index (χ1) is 12.7. The molecule has 1 aliphatic rings. The molecule has 0 atom stereocenters. The molecule has 26 heavy (non-hydrogen) atoms. The maximum absolute atomic E-state index is 12.4. The number of carbonyl (C=O) groups is 1. The number of H-pyrrole nitrogens is 1. The summed E-state index contributed by atoms with van der Waals surface area (Å²) in [5.41, 5.74) is 1.94. The van der Waals surface area contributed by atoms with Gasteiger partial charge in [-0.15, -0.1) is 11.3 Å². The van der Waals surface area contributed by atoms with Crippen molar-refractivity contribution in [3.63, 3.8) is 0 Å². The summed E-state index contributed by atoms with van der Waals surface area (Å²) in [4.78, 5) is 25.9. The molecule has 1 fully saturated rings. The molecule has 1 aliphatic heterocycles. The first-order valence-corrected chi connectivity index (χ1v) is 9.64. The number of thiophene rings is 1. The molecule has 1 saturated heterocycles. The summed E-state index contributed by atoms with van der Waals surface area (Å²) >= 11 is 1.64. The molecule has 1 aromatic carbocycles. The zero-order chi connectivity index (χ0) is 17.9. The fraction of sp³-hybridized carbons (Fsp3) is 0.368. The Morgan fingerprint density at radius 3 is 2.85 bits per heavy atom. The van der Waals surface area contributed by atoms with Gasteiger partial charge in [-0.05, 0) is 23.6 Å². The summed E-state index contributed by atoms with van der Waals surface area (Å²) < 4.78 is 5.26. The number of aromatic nitrogens is 2. The van der Waals surface area contributed by atoms with Gasteiger partial charge in [-0.1, -0.05) is 6.07 Å². The summed E-state index contributed by atoms with van der Waals surface area (Å²) in [5.74, 6) is 2.00. The summed E-state index contributed by atoms with van der Waals surface area (Å²) in [6, 6.07) is 9.87. The number of benzene rings is 1. The van der Waals surface area contributed by atoms with Crippen LogP contribution in [-0.2, 0) is 17.8 Å². The summed E-state index contributed by atoms with van der Waals surface area (Å²) in [5, 5.41) is 2.02. The molecule has 6 nitrogen and oxygen atoms in total. The number of methoxy groups -OCH3 is 1. The van der Waals surface area contributed by atoms with Crippen molar-refractivity contribution in [2.24, 2.45) is 0 Å². The standard InChI is InChI=1S/C19H22N4O2S/c1-25-14-4-5-16-17(11-14)21-18(20-16)13-22-6-8-23(9-7-22)19(24)12-15-3-2-10-26-15/h2-5,10-11H,6-9,12-13H2,1H3,(H,20,21). The fourth-order valence-corrected chi connectivity index (χ4v) is 3.98. The van der Waals surface area contributed by atoms with Crippen molar-refractivity contribution in [1.29, 1.82) is 0 Å². The van der Waals surface area contributed by atoms with E-state index in [4.69, 9.17) is 4.74 Å². The zero-order valence-corrected chi connectivity index (χ0v) is 15.6. The summed E-state index contributed by atoms with van der Waals surface area (Å²) in [7, 11) is 1.66. The Kier molecular flexibility index (Phi) is 4.90. The second-order valence-electron chi connectivity index (χ2n) is 6.48. The third kappa shape index (κ3) is 3.73. The molecule has 1 N–H and O–H groups in total. The lowest BCUT2D eigenvalue weighted by atomic mass is 10.2.